The highest BCUT2D eigenvalue weighted by Crippen LogP contribution is 2.34. The first kappa shape index (κ1) is 14.5. The van der Waals surface area contributed by atoms with Crippen LogP contribution in [0.1, 0.15) is 0 Å². The lowest BCUT2D eigenvalue weighted by Crippen LogP contribution is -2.02. The van der Waals surface area contributed by atoms with Crippen molar-refractivity contribution in [3.63, 3.8) is 0 Å². The molecule has 2 aromatic rings. The van der Waals surface area contributed by atoms with Gasteiger partial charge < -0.3 is 5.11 Å². The van der Waals surface area contributed by atoms with E-state index in [0.29, 0.717) is 25.9 Å². The number of carboxylic acid groups (broad SMARTS) is 1. The van der Waals surface area contributed by atoms with Gasteiger partial charge in [0.15, 0.2) is 5.16 Å². The number of hydrogen-bond acceptors (Lipinski definition) is 3. The number of hydrogen-bond donors (Lipinski definition) is 1. The summed E-state index contributed by atoms with van der Waals surface area (Å²) in [6.07, 6.45) is 3.20. The molecule has 0 atom stereocenters. The second-order valence-corrected chi connectivity index (χ2v) is 5.67. The molecule has 100 valence electrons. The smallest absolute Gasteiger partial charge is 0.313 e. The molecule has 8 heteroatoms. The van der Waals surface area contributed by atoms with Crippen LogP contribution in [0.25, 0.3) is 5.69 Å². The predicted octanol–water partition coefficient (Wildman–Crippen LogP) is 4.01. The molecule has 0 amide bonds. The number of thioether (sulfide) groups is 1. The average Bonchev–Trinajstić information content (AvgIpc) is 2.73. The van der Waals surface area contributed by atoms with Crippen LogP contribution in [0.3, 0.4) is 0 Å². The van der Waals surface area contributed by atoms with E-state index in [1.54, 1.807) is 29.1 Å². The lowest BCUT2D eigenvalue weighted by molar-refractivity contribution is -0.133. The summed E-state index contributed by atoms with van der Waals surface area (Å²) in [5.74, 6) is -1.02. The Kier molecular flexibility index (Phi) is 4.62. The summed E-state index contributed by atoms with van der Waals surface area (Å²) in [6, 6.07) is 3.13. The molecular formula is C11H7Cl3N2O2S. The van der Waals surface area contributed by atoms with Gasteiger partial charge in [0.25, 0.3) is 0 Å². The van der Waals surface area contributed by atoms with Crippen LogP contribution in [0.2, 0.25) is 15.1 Å². The van der Waals surface area contributed by atoms with Gasteiger partial charge >= 0.3 is 5.97 Å². The van der Waals surface area contributed by atoms with Crippen LogP contribution in [0.4, 0.5) is 0 Å². The number of carboxylic acids is 1. The summed E-state index contributed by atoms with van der Waals surface area (Å²) in [4.78, 5) is 14.7. The summed E-state index contributed by atoms with van der Waals surface area (Å²) in [5, 5.41) is 10.4. The van der Waals surface area contributed by atoms with E-state index in [-0.39, 0.29) is 5.75 Å². The number of imidazole rings is 1. The Hall–Kier alpha value is -0.880. The quantitative estimate of drug-likeness (QED) is 0.857. The van der Waals surface area contributed by atoms with E-state index < -0.39 is 5.97 Å². The van der Waals surface area contributed by atoms with Crippen molar-refractivity contribution in [3.05, 3.63) is 39.6 Å². The Morgan fingerprint density at radius 1 is 1.32 bits per heavy atom. The Labute approximate surface area is 128 Å². The molecule has 0 fully saturated rings. The summed E-state index contributed by atoms with van der Waals surface area (Å²) < 4.78 is 1.63. The molecule has 1 aromatic heterocycles. The third-order valence-corrected chi connectivity index (χ3v) is 3.90. The van der Waals surface area contributed by atoms with Crippen molar-refractivity contribution < 1.29 is 9.90 Å². The van der Waals surface area contributed by atoms with E-state index in [4.69, 9.17) is 39.9 Å². The second kappa shape index (κ2) is 6.05. The van der Waals surface area contributed by atoms with Crippen LogP contribution in [0.15, 0.2) is 29.7 Å². The van der Waals surface area contributed by atoms with Crippen molar-refractivity contribution in [3.8, 4) is 5.69 Å². The molecule has 0 bridgehead atoms. The van der Waals surface area contributed by atoms with Crippen molar-refractivity contribution in [2.24, 2.45) is 0 Å². The third-order valence-electron chi connectivity index (χ3n) is 2.15. The van der Waals surface area contributed by atoms with Gasteiger partial charge in [-0.3, -0.25) is 9.36 Å². The maximum atomic E-state index is 10.6. The Bertz CT molecular complexity index is 607. The first-order valence-electron chi connectivity index (χ1n) is 5.02. The fraction of sp³-hybridized carbons (Fsp3) is 0.0909. The number of carbonyl (C=O) groups is 1. The molecule has 0 radical (unpaired) electrons. The predicted molar refractivity (Wildman–Crippen MR) is 77.0 cm³/mol. The van der Waals surface area contributed by atoms with Crippen molar-refractivity contribution in [1.82, 2.24) is 9.55 Å². The van der Waals surface area contributed by atoms with Gasteiger partial charge in [-0.1, -0.05) is 46.6 Å². The van der Waals surface area contributed by atoms with E-state index in [1.807, 2.05) is 0 Å². The molecule has 19 heavy (non-hydrogen) atoms. The fourth-order valence-electron chi connectivity index (χ4n) is 1.46. The molecular weight excluding hydrogens is 331 g/mol. The highest BCUT2D eigenvalue weighted by atomic mass is 35.5. The van der Waals surface area contributed by atoms with Crippen LogP contribution in [-0.2, 0) is 4.79 Å². The highest BCUT2D eigenvalue weighted by Gasteiger charge is 2.14. The van der Waals surface area contributed by atoms with Crippen molar-refractivity contribution in [2.75, 3.05) is 5.75 Å². The molecule has 0 saturated heterocycles. The zero-order valence-electron chi connectivity index (χ0n) is 9.31. The largest absolute Gasteiger partial charge is 0.481 e. The monoisotopic (exact) mass is 336 g/mol. The third kappa shape index (κ3) is 3.36. The average molecular weight is 338 g/mol. The molecule has 1 heterocycles. The van der Waals surface area contributed by atoms with Gasteiger partial charge in [0.1, 0.15) is 0 Å². The Morgan fingerprint density at radius 3 is 2.53 bits per heavy atom. The molecule has 1 aromatic carbocycles. The molecule has 0 spiro atoms. The first-order valence-corrected chi connectivity index (χ1v) is 7.14. The van der Waals surface area contributed by atoms with Crippen molar-refractivity contribution in [2.45, 2.75) is 5.16 Å². The van der Waals surface area contributed by atoms with E-state index in [2.05, 4.69) is 4.98 Å². The van der Waals surface area contributed by atoms with Gasteiger partial charge in [0, 0.05) is 17.4 Å². The van der Waals surface area contributed by atoms with Gasteiger partial charge in [0.2, 0.25) is 0 Å². The normalized spacial score (nSPS) is 10.7. The van der Waals surface area contributed by atoms with Gasteiger partial charge in [-0.25, -0.2) is 4.98 Å². The minimum absolute atomic E-state index is 0.0974. The van der Waals surface area contributed by atoms with E-state index in [1.165, 1.54) is 0 Å². The number of aromatic nitrogens is 2. The Balaban J connectivity index is 2.43. The molecule has 2 rings (SSSR count). The van der Waals surface area contributed by atoms with E-state index >= 15 is 0 Å². The van der Waals surface area contributed by atoms with Crippen LogP contribution in [-0.4, -0.2) is 26.4 Å². The molecule has 4 nitrogen and oxygen atoms in total. The van der Waals surface area contributed by atoms with Gasteiger partial charge in [-0.2, -0.15) is 0 Å². The van der Waals surface area contributed by atoms with Crippen LogP contribution >= 0.6 is 46.6 Å². The van der Waals surface area contributed by atoms with E-state index in [9.17, 15) is 4.79 Å². The highest BCUT2D eigenvalue weighted by molar-refractivity contribution is 7.99. The van der Waals surface area contributed by atoms with E-state index in [0.717, 1.165) is 11.8 Å². The molecule has 0 unspecified atom stereocenters. The van der Waals surface area contributed by atoms with Gasteiger partial charge in [-0.05, 0) is 12.1 Å². The van der Waals surface area contributed by atoms with Crippen LogP contribution in [0.5, 0.6) is 0 Å². The number of halogens is 3. The SMILES string of the molecule is O=C(O)CSc1nccn1-c1c(Cl)cc(Cl)cc1Cl. The summed E-state index contributed by atoms with van der Waals surface area (Å²) in [5.41, 5.74) is 0.526. The number of rotatable bonds is 4. The maximum Gasteiger partial charge on any atom is 0.313 e. The molecule has 0 aliphatic heterocycles. The summed E-state index contributed by atoms with van der Waals surface area (Å²) >= 11 is 19.2. The topological polar surface area (TPSA) is 55.1 Å². The Morgan fingerprint density at radius 2 is 1.95 bits per heavy atom. The fourth-order valence-corrected chi connectivity index (χ4v) is 3.14. The second-order valence-electron chi connectivity index (χ2n) is 3.48. The number of nitrogens with zero attached hydrogens (tertiary/aromatic N) is 2. The van der Waals surface area contributed by atoms with Crippen molar-refractivity contribution in [1.29, 1.82) is 0 Å². The molecule has 0 aliphatic carbocycles. The van der Waals surface area contributed by atoms with Gasteiger partial charge in [0.05, 0.1) is 21.5 Å². The number of benzene rings is 1. The number of aliphatic carboxylic acids is 1. The maximum absolute atomic E-state index is 10.6. The van der Waals surface area contributed by atoms with Crippen LogP contribution < -0.4 is 0 Å². The van der Waals surface area contributed by atoms with Gasteiger partial charge in [-0.15, -0.1) is 0 Å². The lowest BCUT2D eigenvalue weighted by Gasteiger charge is -2.11. The molecule has 0 aliphatic rings. The standard InChI is InChI=1S/C11H7Cl3N2O2S/c12-6-3-7(13)10(8(14)4-6)16-2-1-15-11(16)19-5-9(17)18/h1-4H,5H2,(H,17,18). The summed E-state index contributed by atoms with van der Waals surface area (Å²) in [7, 11) is 0. The minimum atomic E-state index is -0.923. The molecule has 0 saturated carbocycles. The minimum Gasteiger partial charge on any atom is -0.481 e. The molecule has 1 N–H and O–H groups in total. The zero-order valence-corrected chi connectivity index (χ0v) is 12.4. The lowest BCUT2D eigenvalue weighted by atomic mass is 10.3. The first-order chi connectivity index (χ1) is 8.99. The summed E-state index contributed by atoms with van der Waals surface area (Å²) in [6.45, 7) is 0. The van der Waals surface area contributed by atoms with Crippen molar-refractivity contribution >= 4 is 52.5 Å². The van der Waals surface area contributed by atoms with Crippen LogP contribution in [0, 0.1) is 0 Å². The zero-order chi connectivity index (χ0) is 14.0.